The molecule has 92 valence electrons. The summed E-state index contributed by atoms with van der Waals surface area (Å²) in [5, 5.41) is 3.15. The summed E-state index contributed by atoms with van der Waals surface area (Å²) in [5.41, 5.74) is 6.98. The topological polar surface area (TPSA) is 67.5 Å². The number of amides is 1. The Morgan fingerprint density at radius 3 is 2.76 bits per heavy atom. The van der Waals surface area contributed by atoms with Crippen molar-refractivity contribution >= 4 is 40.6 Å². The van der Waals surface area contributed by atoms with Crippen LogP contribution >= 0.6 is 23.2 Å². The van der Waals surface area contributed by atoms with Crippen molar-refractivity contribution < 1.29 is 4.79 Å². The molecule has 0 aromatic heterocycles. The van der Waals surface area contributed by atoms with E-state index in [0.717, 1.165) is 5.56 Å². The monoisotopic (exact) mass is 273 g/mol. The molecular weight excluding hydrogens is 261 g/mol. The zero-order valence-electron chi connectivity index (χ0n) is 9.34. The van der Waals surface area contributed by atoms with Gasteiger partial charge in [0.25, 0.3) is 0 Å². The molecule has 0 unspecified atom stereocenters. The third-order valence-electron chi connectivity index (χ3n) is 1.95. The van der Waals surface area contributed by atoms with Crippen LogP contribution in [0.25, 0.3) is 0 Å². The smallest absolute Gasteiger partial charge is 0.217 e. The van der Waals surface area contributed by atoms with Gasteiger partial charge in [-0.25, -0.2) is 4.99 Å². The first kappa shape index (κ1) is 13.8. The van der Waals surface area contributed by atoms with Crippen molar-refractivity contribution in [2.75, 3.05) is 5.88 Å². The van der Waals surface area contributed by atoms with Crippen molar-refractivity contribution in [3.8, 4) is 0 Å². The number of benzene rings is 1. The molecule has 1 aromatic carbocycles. The van der Waals surface area contributed by atoms with Crippen molar-refractivity contribution in [1.29, 1.82) is 0 Å². The van der Waals surface area contributed by atoms with Crippen molar-refractivity contribution in [2.24, 2.45) is 10.7 Å². The van der Waals surface area contributed by atoms with Crippen LogP contribution < -0.4 is 11.1 Å². The molecule has 0 aliphatic carbocycles. The lowest BCUT2D eigenvalue weighted by molar-refractivity contribution is -0.119. The normalized spacial score (nSPS) is 11.4. The minimum absolute atomic E-state index is 0.0883. The van der Waals surface area contributed by atoms with Crippen LogP contribution in [0, 0.1) is 0 Å². The molecule has 0 fully saturated rings. The Balaban J connectivity index is 2.82. The number of rotatable bonds is 4. The molecule has 3 N–H and O–H groups in total. The highest BCUT2D eigenvalue weighted by molar-refractivity contribution is 6.33. The van der Waals surface area contributed by atoms with E-state index < -0.39 is 0 Å². The first-order chi connectivity index (χ1) is 8.02. The maximum atomic E-state index is 10.8. The predicted octanol–water partition coefficient (Wildman–Crippen LogP) is 2.20. The van der Waals surface area contributed by atoms with Crippen LogP contribution in [0.5, 0.6) is 0 Å². The number of nitrogens with one attached hydrogen (secondary N) is 1. The highest BCUT2D eigenvalue weighted by atomic mass is 35.5. The van der Waals surface area contributed by atoms with Crippen LogP contribution in [0.2, 0.25) is 5.02 Å². The lowest BCUT2D eigenvalue weighted by Crippen LogP contribution is -2.18. The van der Waals surface area contributed by atoms with Gasteiger partial charge in [0.1, 0.15) is 5.84 Å². The molecule has 0 aliphatic heterocycles. The second-order valence-electron chi connectivity index (χ2n) is 3.43. The van der Waals surface area contributed by atoms with E-state index in [2.05, 4.69) is 10.3 Å². The summed E-state index contributed by atoms with van der Waals surface area (Å²) in [4.78, 5) is 14.8. The van der Waals surface area contributed by atoms with Gasteiger partial charge in [-0.15, -0.1) is 11.6 Å². The van der Waals surface area contributed by atoms with Gasteiger partial charge in [0.05, 0.1) is 16.6 Å². The average molecular weight is 274 g/mol. The highest BCUT2D eigenvalue weighted by Gasteiger charge is 2.02. The fraction of sp³-hybridized carbons (Fsp3) is 0.273. The van der Waals surface area contributed by atoms with Gasteiger partial charge in [-0.3, -0.25) is 4.79 Å². The molecule has 1 aromatic rings. The molecule has 1 amide bonds. The lowest BCUT2D eigenvalue weighted by Gasteiger charge is -2.05. The first-order valence-corrected chi connectivity index (χ1v) is 5.86. The van der Waals surface area contributed by atoms with Gasteiger partial charge in [-0.05, 0) is 17.7 Å². The number of alkyl halides is 1. The van der Waals surface area contributed by atoms with Gasteiger partial charge >= 0.3 is 0 Å². The summed E-state index contributed by atoms with van der Waals surface area (Å²) in [6.07, 6.45) is 0. The predicted molar refractivity (Wildman–Crippen MR) is 71.0 cm³/mol. The Bertz CT molecular complexity index is 446. The Morgan fingerprint density at radius 1 is 1.53 bits per heavy atom. The maximum absolute atomic E-state index is 10.8. The number of nitrogens with two attached hydrogens (primary N) is 1. The highest BCUT2D eigenvalue weighted by Crippen LogP contribution is 2.25. The molecule has 6 heteroatoms. The van der Waals surface area contributed by atoms with E-state index in [1.807, 2.05) is 6.07 Å². The van der Waals surface area contributed by atoms with Crippen molar-refractivity contribution in [1.82, 2.24) is 5.32 Å². The molecule has 1 rings (SSSR count). The molecule has 17 heavy (non-hydrogen) atoms. The van der Waals surface area contributed by atoms with Gasteiger partial charge in [0.2, 0.25) is 5.91 Å². The van der Waals surface area contributed by atoms with Crippen LogP contribution in [0.15, 0.2) is 23.2 Å². The summed E-state index contributed by atoms with van der Waals surface area (Å²) in [5.74, 6) is 0.377. The van der Waals surface area contributed by atoms with E-state index >= 15 is 0 Å². The second-order valence-corrected chi connectivity index (χ2v) is 4.11. The Labute approximate surface area is 110 Å². The fourth-order valence-electron chi connectivity index (χ4n) is 1.16. The van der Waals surface area contributed by atoms with Crippen LogP contribution in [-0.2, 0) is 11.3 Å². The van der Waals surface area contributed by atoms with Crippen molar-refractivity contribution in [3.63, 3.8) is 0 Å². The summed E-state index contributed by atoms with van der Waals surface area (Å²) in [6.45, 7) is 1.89. The first-order valence-electron chi connectivity index (χ1n) is 4.94. The molecule has 0 bridgehead atoms. The summed E-state index contributed by atoms with van der Waals surface area (Å²) in [7, 11) is 0. The minimum atomic E-state index is -0.0883. The number of halogens is 2. The van der Waals surface area contributed by atoms with Crippen molar-refractivity contribution in [3.05, 3.63) is 28.8 Å². The SMILES string of the molecule is CC(=O)NCc1ccc(N=C(N)CCl)c(Cl)c1. The van der Waals surface area contributed by atoms with Gasteiger partial charge in [0.15, 0.2) is 0 Å². The standard InChI is InChI=1S/C11H13Cl2N3O/c1-7(17)15-6-8-2-3-10(9(13)4-8)16-11(14)5-12/h2-4H,5-6H2,1H3,(H2,14,16)(H,15,17). The largest absolute Gasteiger partial charge is 0.386 e. The van der Waals surface area contributed by atoms with E-state index in [9.17, 15) is 4.79 Å². The molecule has 0 atom stereocenters. The third-order valence-corrected chi connectivity index (χ3v) is 2.53. The second kappa shape index (κ2) is 6.47. The minimum Gasteiger partial charge on any atom is -0.386 e. The van der Waals surface area contributed by atoms with E-state index in [1.165, 1.54) is 6.92 Å². The summed E-state index contributed by atoms with van der Waals surface area (Å²) < 4.78 is 0. The lowest BCUT2D eigenvalue weighted by atomic mass is 10.2. The third kappa shape index (κ3) is 4.63. The van der Waals surface area contributed by atoms with E-state index in [-0.39, 0.29) is 11.8 Å². The number of carbonyl (C=O) groups excluding carboxylic acids is 1. The Kier molecular flexibility index (Phi) is 5.25. The number of carbonyl (C=O) groups is 1. The Morgan fingerprint density at radius 2 is 2.24 bits per heavy atom. The van der Waals surface area contributed by atoms with E-state index in [4.69, 9.17) is 28.9 Å². The Hall–Kier alpha value is -1.26. The number of nitrogens with zero attached hydrogens (tertiary/aromatic N) is 1. The van der Waals surface area contributed by atoms with Crippen LogP contribution in [0.3, 0.4) is 0 Å². The molecule has 0 radical (unpaired) electrons. The summed E-state index contributed by atoms with van der Waals surface area (Å²) in [6, 6.07) is 5.29. The molecule has 0 spiro atoms. The summed E-state index contributed by atoms with van der Waals surface area (Å²) >= 11 is 11.6. The zero-order chi connectivity index (χ0) is 12.8. The molecule has 0 saturated carbocycles. The number of aliphatic imine (C=N–C) groups is 1. The number of amidine groups is 1. The molecular formula is C11H13Cl2N3O. The zero-order valence-corrected chi connectivity index (χ0v) is 10.8. The van der Waals surface area contributed by atoms with Crippen LogP contribution in [0.1, 0.15) is 12.5 Å². The van der Waals surface area contributed by atoms with Crippen LogP contribution in [-0.4, -0.2) is 17.6 Å². The number of hydrogen-bond donors (Lipinski definition) is 2. The quantitative estimate of drug-likeness (QED) is 0.502. The average Bonchev–Trinajstić information content (AvgIpc) is 2.29. The van der Waals surface area contributed by atoms with Gasteiger partial charge in [-0.2, -0.15) is 0 Å². The van der Waals surface area contributed by atoms with E-state index in [1.54, 1.807) is 12.1 Å². The van der Waals surface area contributed by atoms with Crippen LogP contribution in [0.4, 0.5) is 5.69 Å². The molecule has 0 aliphatic rings. The fourth-order valence-corrected chi connectivity index (χ4v) is 1.47. The maximum Gasteiger partial charge on any atom is 0.217 e. The molecule has 0 saturated heterocycles. The number of hydrogen-bond acceptors (Lipinski definition) is 2. The molecule has 0 heterocycles. The van der Waals surface area contributed by atoms with Crippen molar-refractivity contribution in [2.45, 2.75) is 13.5 Å². The molecule has 4 nitrogen and oxygen atoms in total. The van der Waals surface area contributed by atoms with E-state index in [0.29, 0.717) is 23.1 Å². The van der Waals surface area contributed by atoms with Gasteiger partial charge in [0, 0.05) is 13.5 Å². The van der Waals surface area contributed by atoms with Gasteiger partial charge < -0.3 is 11.1 Å². The van der Waals surface area contributed by atoms with Gasteiger partial charge in [-0.1, -0.05) is 17.7 Å².